The fraction of sp³-hybridized carbons (Fsp3) is 0.933. The van der Waals surface area contributed by atoms with Crippen LogP contribution in [0.5, 0.6) is 0 Å². The van der Waals surface area contributed by atoms with Crippen molar-refractivity contribution in [3.63, 3.8) is 0 Å². The zero-order valence-corrected chi connectivity index (χ0v) is 12.2. The van der Waals surface area contributed by atoms with Gasteiger partial charge in [-0.1, -0.05) is 0 Å². The predicted molar refractivity (Wildman–Crippen MR) is 73.6 cm³/mol. The largest absolute Gasteiger partial charge is 0.444 e. The predicted octanol–water partition coefficient (Wildman–Crippen LogP) is 2.42. The molecule has 3 N–H and O–H groups in total. The first kappa shape index (κ1) is 13.2. The molecule has 4 heteroatoms. The summed E-state index contributed by atoms with van der Waals surface area (Å²) in [4.78, 5) is 12.0. The van der Waals surface area contributed by atoms with Crippen molar-refractivity contribution in [2.75, 3.05) is 0 Å². The first-order chi connectivity index (χ1) is 8.74. The maximum absolute atomic E-state index is 12.0. The third-order valence-corrected chi connectivity index (χ3v) is 5.00. The molecule has 4 rings (SSSR count). The van der Waals surface area contributed by atoms with Gasteiger partial charge in [-0.3, -0.25) is 0 Å². The highest BCUT2D eigenvalue weighted by Gasteiger charge is 2.54. The van der Waals surface area contributed by atoms with Gasteiger partial charge in [-0.2, -0.15) is 0 Å². The number of nitrogens with one attached hydrogen (secondary N) is 1. The lowest BCUT2D eigenvalue weighted by Crippen LogP contribution is -2.64. The summed E-state index contributed by atoms with van der Waals surface area (Å²) >= 11 is 0. The molecular formula is C15H26N2O2. The number of rotatable bonds is 1. The van der Waals surface area contributed by atoms with E-state index in [9.17, 15) is 4.79 Å². The van der Waals surface area contributed by atoms with Crippen molar-refractivity contribution < 1.29 is 9.53 Å². The summed E-state index contributed by atoms with van der Waals surface area (Å²) in [6.45, 7) is 5.70. The monoisotopic (exact) mass is 266 g/mol. The Morgan fingerprint density at radius 1 is 1.21 bits per heavy atom. The smallest absolute Gasteiger partial charge is 0.407 e. The number of hydrogen-bond donors (Lipinski definition) is 2. The molecule has 4 aliphatic rings. The van der Waals surface area contributed by atoms with E-state index in [1.54, 1.807) is 0 Å². The van der Waals surface area contributed by atoms with Crippen LogP contribution < -0.4 is 11.1 Å². The Bertz CT molecular complexity index is 372. The van der Waals surface area contributed by atoms with Gasteiger partial charge in [-0.15, -0.1) is 0 Å². The molecule has 0 saturated heterocycles. The molecular weight excluding hydrogens is 240 g/mol. The third-order valence-electron chi connectivity index (χ3n) is 5.00. The maximum Gasteiger partial charge on any atom is 0.407 e. The molecule has 4 nitrogen and oxygen atoms in total. The van der Waals surface area contributed by atoms with Gasteiger partial charge in [0, 0.05) is 11.6 Å². The van der Waals surface area contributed by atoms with Gasteiger partial charge in [0.25, 0.3) is 0 Å². The molecule has 4 bridgehead atoms. The van der Waals surface area contributed by atoms with Crippen LogP contribution in [-0.4, -0.2) is 23.3 Å². The minimum absolute atomic E-state index is 0.0581. The molecule has 4 fully saturated rings. The van der Waals surface area contributed by atoms with Gasteiger partial charge in [0.15, 0.2) is 0 Å². The number of carbonyl (C=O) groups excluding carboxylic acids is 1. The summed E-state index contributed by atoms with van der Waals surface area (Å²) in [5.74, 6) is 1.91. The topological polar surface area (TPSA) is 64.3 Å². The van der Waals surface area contributed by atoms with Crippen LogP contribution in [0.4, 0.5) is 4.79 Å². The van der Waals surface area contributed by atoms with E-state index in [-0.39, 0.29) is 17.7 Å². The van der Waals surface area contributed by atoms with E-state index in [0.29, 0.717) is 11.8 Å². The summed E-state index contributed by atoms with van der Waals surface area (Å²) < 4.78 is 5.39. The van der Waals surface area contributed by atoms with Crippen LogP contribution in [0.1, 0.15) is 52.9 Å². The second-order valence-electron chi connectivity index (χ2n) is 8.00. The molecule has 4 saturated carbocycles. The summed E-state index contributed by atoms with van der Waals surface area (Å²) in [6.07, 6.45) is 5.53. The number of alkyl carbamates (subject to hydrolysis) is 1. The van der Waals surface area contributed by atoms with Crippen LogP contribution in [0.15, 0.2) is 0 Å². The van der Waals surface area contributed by atoms with Gasteiger partial charge in [-0.25, -0.2) is 4.79 Å². The van der Waals surface area contributed by atoms with Crippen molar-refractivity contribution in [2.24, 2.45) is 23.5 Å². The SMILES string of the molecule is CC(C)(C)OC(=O)NC1C2CC3CC1CC(N)(C3)C2. The Morgan fingerprint density at radius 2 is 1.79 bits per heavy atom. The molecule has 0 radical (unpaired) electrons. The number of nitrogens with two attached hydrogens (primary N) is 1. The highest BCUT2D eigenvalue weighted by atomic mass is 16.6. The fourth-order valence-electron chi connectivity index (χ4n) is 4.77. The van der Waals surface area contributed by atoms with Crippen LogP contribution in [0.3, 0.4) is 0 Å². The summed E-state index contributed by atoms with van der Waals surface area (Å²) in [7, 11) is 0. The van der Waals surface area contributed by atoms with E-state index in [4.69, 9.17) is 10.5 Å². The molecule has 4 aliphatic carbocycles. The molecule has 19 heavy (non-hydrogen) atoms. The lowest BCUT2D eigenvalue weighted by atomic mass is 9.51. The van der Waals surface area contributed by atoms with Gasteiger partial charge >= 0.3 is 6.09 Å². The van der Waals surface area contributed by atoms with Crippen molar-refractivity contribution in [1.29, 1.82) is 0 Å². The van der Waals surface area contributed by atoms with Crippen molar-refractivity contribution >= 4 is 6.09 Å². The van der Waals surface area contributed by atoms with Gasteiger partial charge < -0.3 is 15.8 Å². The quantitative estimate of drug-likeness (QED) is 0.766. The Kier molecular flexibility index (Phi) is 2.86. The van der Waals surface area contributed by atoms with Crippen LogP contribution >= 0.6 is 0 Å². The second kappa shape index (κ2) is 4.11. The molecule has 1 amide bonds. The molecule has 108 valence electrons. The Labute approximate surface area is 115 Å². The van der Waals surface area contributed by atoms with Crippen LogP contribution in [-0.2, 0) is 4.74 Å². The average molecular weight is 266 g/mol. The highest BCUT2D eigenvalue weighted by molar-refractivity contribution is 5.68. The van der Waals surface area contributed by atoms with Crippen molar-refractivity contribution in [3.05, 3.63) is 0 Å². The zero-order valence-electron chi connectivity index (χ0n) is 12.2. The molecule has 0 aromatic rings. The molecule has 0 aromatic carbocycles. The van der Waals surface area contributed by atoms with Crippen molar-refractivity contribution in [2.45, 2.75) is 70.1 Å². The number of hydrogen-bond acceptors (Lipinski definition) is 3. The van der Waals surface area contributed by atoms with Gasteiger partial charge in [-0.05, 0) is 70.6 Å². The third kappa shape index (κ3) is 2.60. The standard InChI is InChI=1S/C15H26N2O2/c1-14(2,3)19-13(18)17-12-10-4-9-5-11(12)8-15(16,6-9)7-10/h9-12H,4-8,16H2,1-3H3,(H,17,18). The van der Waals surface area contributed by atoms with Gasteiger partial charge in [0.2, 0.25) is 0 Å². The van der Waals surface area contributed by atoms with Crippen LogP contribution in [0, 0.1) is 17.8 Å². The maximum atomic E-state index is 12.0. The summed E-state index contributed by atoms with van der Waals surface area (Å²) in [5, 5.41) is 3.12. The molecule has 0 spiro atoms. The van der Waals surface area contributed by atoms with Crippen LogP contribution in [0.2, 0.25) is 0 Å². The van der Waals surface area contributed by atoms with E-state index < -0.39 is 5.60 Å². The second-order valence-corrected chi connectivity index (χ2v) is 8.00. The lowest BCUT2D eigenvalue weighted by Gasteiger charge is -2.58. The van der Waals surface area contributed by atoms with E-state index >= 15 is 0 Å². The van der Waals surface area contributed by atoms with Crippen LogP contribution in [0.25, 0.3) is 0 Å². The Hall–Kier alpha value is -0.770. The summed E-state index contributed by atoms with van der Waals surface area (Å²) in [6, 6.07) is 0.281. The molecule has 0 aliphatic heterocycles. The highest BCUT2D eigenvalue weighted by Crippen LogP contribution is 2.54. The van der Waals surface area contributed by atoms with E-state index in [2.05, 4.69) is 5.32 Å². The van der Waals surface area contributed by atoms with Gasteiger partial charge in [0.1, 0.15) is 5.60 Å². The minimum atomic E-state index is -0.426. The first-order valence-corrected chi connectivity index (χ1v) is 7.52. The molecule has 2 unspecified atom stereocenters. The van der Waals surface area contributed by atoms with Crippen molar-refractivity contribution in [1.82, 2.24) is 5.32 Å². The van der Waals surface area contributed by atoms with Crippen molar-refractivity contribution in [3.8, 4) is 0 Å². The Morgan fingerprint density at radius 3 is 2.26 bits per heavy atom. The number of carbonyl (C=O) groups is 1. The summed E-state index contributed by atoms with van der Waals surface area (Å²) in [5.41, 5.74) is 6.10. The van der Waals surface area contributed by atoms with Gasteiger partial charge in [0.05, 0.1) is 0 Å². The average Bonchev–Trinajstić information content (AvgIpc) is 2.18. The zero-order chi connectivity index (χ0) is 13.8. The molecule has 2 atom stereocenters. The van der Waals surface area contributed by atoms with E-state index in [1.165, 1.54) is 19.3 Å². The fourth-order valence-corrected chi connectivity index (χ4v) is 4.77. The normalized spacial score (nSPS) is 44.2. The lowest BCUT2D eigenvalue weighted by molar-refractivity contribution is -0.0339. The number of amides is 1. The first-order valence-electron chi connectivity index (χ1n) is 7.52. The minimum Gasteiger partial charge on any atom is -0.444 e. The van der Waals surface area contributed by atoms with E-state index in [1.807, 2.05) is 20.8 Å². The van der Waals surface area contributed by atoms with E-state index in [0.717, 1.165) is 18.8 Å². The molecule has 0 aromatic heterocycles. The Balaban J connectivity index is 1.65. The molecule has 0 heterocycles. The number of ether oxygens (including phenoxy) is 1.